The fourth-order valence-corrected chi connectivity index (χ4v) is 5.62. The minimum atomic E-state index is -0.858. The van der Waals surface area contributed by atoms with Gasteiger partial charge in [-0.25, -0.2) is 9.37 Å². The lowest BCUT2D eigenvalue weighted by atomic mass is 9.83. The molecule has 256 valence electrons. The van der Waals surface area contributed by atoms with Crippen molar-refractivity contribution in [3.63, 3.8) is 0 Å². The lowest BCUT2D eigenvalue weighted by Gasteiger charge is -2.33. The van der Waals surface area contributed by atoms with Crippen LogP contribution < -0.4 is 15.0 Å². The number of nitrogens with zero attached hydrogens (tertiary/aromatic N) is 2. The molecule has 0 aliphatic carbocycles. The van der Waals surface area contributed by atoms with Gasteiger partial charge in [-0.15, -0.1) is 0 Å². The van der Waals surface area contributed by atoms with E-state index in [1.807, 2.05) is 44.9 Å². The van der Waals surface area contributed by atoms with E-state index in [2.05, 4.69) is 31.1 Å². The van der Waals surface area contributed by atoms with Crippen molar-refractivity contribution < 1.29 is 33.3 Å². The molecular formula is C38H46FN3O6. The summed E-state index contributed by atoms with van der Waals surface area (Å²) in [6, 6.07) is 16.9. The molecule has 1 amide bonds. The number of fused-ring (bicyclic) bond motifs is 1. The number of benzene rings is 3. The van der Waals surface area contributed by atoms with Crippen molar-refractivity contribution in [2.75, 3.05) is 17.3 Å². The van der Waals surface area contributed by atoms with E-state index < -0.39 is 17.8 Å². The lowest BCUT2D eigenvalue weighted by molar-refractivity contribution is -0.0980. The van der Waals surface area contributed by atoms with Gasteiger partial charge in [0.2, 0.25) is 0 Å². The maximum absolute atomic E-state index is 16.3. The Hall–Kier alpha value is -4.96. The van der Waals surface area contributed by atoms with E-state index >= 15 is 4.39 Å². The molecule has 0 saturated carbocycles. The van der Waals surface area contributed by atoms with Gasteiger partial charge in [0.15, 0.2) is 11.6 Å². The number of amides is 1. The van der Waals surface area contributed by atoms with E-state index in [9.17, 15) is 9.90 Å². The molecule has 10 heteroatoms. The highest BCUT2D eigenvalue weighted by molar-refractivity contribution is 6.09. The summed E-state index contributed by atoms with van der Waals surface area (Å²) in [5, 5.41) is 21.5. The number of nitrogens with one attached hydrogen (secondary N) is 1. The summed E-state index contributed by atoms with van der Waals surface area (Å²) in [6.07, 6.45) is 1.51. The van der Waals surface area contributed by atoms with E-state index in [0.717, 1.165) is 35.9 Å². The average molecular weight is 660 g/mol. The van der Waals surface area contributed by atoms with Crippen molar-refractivity contribution >= 4 is 24.1 Å². The van der Waals surface area contributed by atoms with Crippen molar-refractivity contribution in [3.8, 4) is 11.5 Å². The van der Waals surface area contributed by atoms with Gasteiger partial charge in [0, 0.05) is 31.4 Å². The summed E-state index contributed by atoms with van der Waals surface area (Å²) in [6.45, 7) is 16.0. The third kappa shape index (κ3) is 8.30. The summed E-state index contributed by atoms with van der Waals surface area (Å²) in [5.74, 6) is 0.0958. The van der Waals surface area contributed by atoms with Crippen LogP contribution in [0, 0.1) is 32.0 Å². The smallest absolute Gasteiger partial charge is 0.281 e. The Labute approximate surface area is 282 Å². The zero-order chi connectivity index (χ0) is 35.8. The van der Waals surface area contributed by atoms with Crippen LogP contribution >= 0.6 is 0 Å². The maximum Gasteiger partial charge on any atom is 0.281 e. The van der Waals surface area contributed by atoms with Crippen LogP contribution in [0.4, 0.5) is 15.8 Å². The Morgan fingerprint density at radius 3 is 2.35 bits per heavy atom. The number of allylic oxidation sites excluding steroid dienone is 1. The molecule has 1 unspecified atom stereocenters. The third-order valence-electron chi connectivity index (χ3n) is 8.39. The first-order chi connectivity index (χ1) is 22.9. The Bertz CT molecular complexity index is 1760. The highest BCUT2D eigenvalue weighted by Gasteiger charge is 2.39. The Kier molecular flexibility index (Phi) is 12.7. The number of hydrogen-bond acceptors (Lipinski definition) is 8. The molecule has 3 N–H and O–H groups in total. The van der Waals surface area contributed by atoms with Crippen LogP contribution in [0.2, 0.25) is 0 Å². The fraction of sp³-hybridized carbons (Fsp3) is 0.342. The highest BCUT2D eigenvalue weighted by atomic mass is 19.1. The number of aromatic hydroxyl groups is 1. The van der Waals surface area contributed by atoms with Gasteiger partial charge in [-0.3, -0.25) is 9.69 Å². The Morgan fingerprint density at radius 2 is 1.75 bits per heavy atom. The molecule has 3 aromatic carbocycles. The molecule has 9 nitrogen and oxygen atoms in total. The Morgan fingerprint density at radius 1 is 1.06 bits per heavy atom. The molecule has 1 aromatic heterocycles. The minimum Gasteiger partial charge on any atom is -0.506 e. The molecule has 2 heterocycles. The number of phenols is 1. The molecule has 1 aliphatic heterocycles. The number of para-hydroxylation sites is 1. The van der Waals surface area contributed by atoms with Gasteiger partial charge in [0.1, 0.15) is 42.2 Å². The molecule has 5 rings (SSSR count). The number of carbonyl (C=O) groups excluding carboxylic acids is 2. The van der Waals surface area contributed by atoms with Crippen molar-refractivity contribution in [3.05, 3.63) is 112 Å². The van der Waals surface area contributed by atoms with E-state index in [1.165, 1.54) is 11.0 Å². The predicted molar refractivity (Wildman–Crippen MR) is 186 cm³/mol. The van der Waals surface area contributed by atoms with Crippen LogP contribution in [0.15, 0.2) is 76.4 Å². The number of ether oxygens (including phenoxy) is 1. The van der Waals surface area contributed by atoms with Crippen LogP contribution in [0.5, 0.6) is 11.5 Å². The summed E-state index contributed by atoms with van der Waals surface area (Å²) in [5.41, 5.74) is 4.76. The monoisotopic (exact) mass is 659 g/mol. The molecule has 0 radical (unpaired) electrons. The van der Waals surface area contributed by atoms with Crippen molar-refractivity contribution in [1.29, 1.82) is 0 Å². The second-order valence-corrected chi connectivity index (χ2v) is 12.3. The number of halogens is 1. The number of rotatable bonds is 8. The van der Waals surface area contributed by atoms with Gasteiger partial charge >= 0.3 is 0 Å². The standard InChI is InChI=1S/C36H40FN3O4.CH4O.CH2O/c1-8-36(6,7)19-29-22(3)34(27-16-15-26(18-28(27)37)43-20-25-12-9-11-21(2)17-25)40(30-13-10-14-31(41)33(30)39-29)35(42)32-23(4)44-24(5)38-32;2*1-2/h9-18,34,39,41H,8,19-20H2,1-7H3;2H,1H3;1H2. The number of anilines is 2. The number of aryl methyl sites for hydroxylation is 3. The highest BCUT2D eigenvalue weighted by Crippen LogP contribution is 2.48. The molecule has 48 heavy (non-hydrogen) atoms. The molecule has 0 bridgehead atoms. The molecular weight excluding hydrogens is 613 g/mol. The number of aliphatic hydroxyl groups is 1. The van der Waals surface area contributed by atoms with Crippen LogP contribution in [0.25, 0.3) is 0 Å². The minimum absolute atomic E-state index is 0.0195. The summed E-state index contributed by atoms with van der Waals surface area (Å²) >= 11 is 0. The fourth-order valence-electron chi connectivity index (χ4n) is 5.62. The molecule has 0 spiro atoms. The first-order valence-electron chi connectivity index (χ1n) is 15.7. The number of hydrogen-bond donors (Lipinski definition) is 3. The molecule has 1 aliphatic rings. The van der Waals surface area contributed by atoms with Crippen molar-refractivity contribution in [2.24, 2.45) is 5.41 Å². The maximum atomic E-state index is 16.3. The molecule has 0 saturated heterocycles. The second-order valence-electron chi connectivity index (χ2n) is 12.3. The van der Waals surface area contributed by atoms with Crippen LogP contribution in [-0.4, -0.2) is 35.0 Å². The predicted octanol–water partition coefficient (Wildman–Crippen LogP) is 8.36. The Balaban J connectivity index is 0.00000151. The quantitative estimate of drug-likeness (QED) is 0.161. The largest absolute Gasteiger partial charge is 0.506 e. The van der Waals surface area contributed by atoms with Crippen LogP contribution in [0.3, 0.4) is 0 Å². The van der Waals surface area contributed by atoms with Gasteiger partial charge in [0.05, 0.1) is 11.7 Å². The summed E-state index contributed by atoms with van der Waals surface area (Å²) in [4.78, 5) is 28.3. The molecule has 4 aromatic rings. The first kappa shape index (κ1) is 37.5. The normalized spacial score (nSPS) is 14.0. The number of phenolic OH excluding ortho intramolecular Hbond substituents is 1. The molecule has 0 fully saturated rings. The third-order valence-corrected chi connectivity index (χ3v) is 8.39. The van der Waals surface area contributed by atoms with Gasteiger partial charge < -0.3 is 29.5 Å². The lowest BCUT2D eigenvalue weighted by Crippen LogP contribution is -2.36. The zero-order valence-corrected chi connectivity index (χ0v) is 29.0. The summed E-state index contributed by atoms with van der Waals surface area (Å²) in [7, 11) is 1.00. The van der Waals surface area contributed by atoms with Gasteiger partial charge in [0.25, 0.3) is 5.91 Å². The first-order valence-corrected chi connectivity index (χ1v) is 15.7. The number of carbonyl (C=O) groups is 2. The second kappa shape index (κ2) is 16.2. The SMILES string of the molecule is C=O.CCC(C)(C)CC1=C(C)C(c2ccc(OCc3cccc(C)c3)cc2F)N(C(=O)c2nc(C)oc2C)c2cccc(O)c2N1.CO. The van der Waals surface area contributed by atoms with E-state index in [-0.39, 0.29) is 16.9 Å². The van der Waals surface area contributed by atoms with Crippen molar-refractivity contribution in [1.82, 2.24) is 4.98 Å². The van der Waals surface area contributed by atoms with Crippen molar-refractivity contribution in [2.45, 2.75) is 74.0 Å². The zero-order valence-electron chi connectivity index (χ0n) is 29.0. The number of oxazole rings is 1. The van der Waals surface area contributed by atoms with E-state index in [0.29, 0.717) is 47.4 Å². The number of aliphatic hydroxyl groups excluding tert-OH is 1. The summed E-state index contributed by atoms with van der Waals surface area (Å²) < 4.78 is 27.9. The van der Waals surface area contributed by atoms with Crippen LogP contribution in [0.1, 0.15) is 85.4 Å². The van der Waals surface area contributed by atoms with Gasteiger partial charge in [-0.1, -0.05) is 63.1 Å². The van der Waals surface area contributed by atoms with Gasteiger partial charge in [-0.05, 0) is 68.0 Å². The van der Waals surface area contributed by atoms with Crippen LogP contribution in [-0.2, 0) is 11.4 Å². The van der Waals surface area contributed by atoms with E-state index in [1.54, 1.807) is 44.2 Å². The average Bonchev–Trinajstić information content (AvgIpc) is 3.36. The van der Waals surface area contributed by atoms with E-state index in [4.69, 9.17) is 19.1 Å². The number of aromatic nitrogens is 1. The van der Waals surface area contributed by atoms with Gasteiger partial charge in [-0.2, -0.15) is 0 Å². The topological polar surface area (TPSA) is 125 Å². The molecule has 1 atom stereocenters.